The Kier molecular flexibility index (Phi) is 5.28. The molecule has 1 fully saturated rings. The van der Waals surface area contributed by atoms with Crippen molar-refractivity contribution < 1.29 is 9.53 Å². The standard InChI is InChI=1S/C18H17N3O2S/c1-23-16-9-7-14(8-10-16)11-19-20-18-21(17(22)13-24-18)12-15-5-3-2-4-6-15/h2-11H,12-13H2,1H3/b19-11-,20-18-. The number of benzene rings is 2. The van der Waals surface area contributed by atoms with Gasteiger partial charge in [0.15, 0.2) is 5.17 Å². The molecule has 2 aromatic rings. The van der Waals surface area contributed by atoms with Gasteiger partial charge in [0.1, 0.15) is 5.75 Å². The summed E-state index contributed by atoms with van der Waals surface area (Å²) < 4.78 is 5.12. The van der Waals surface area contributed by atoms with E-state index in [9.17, 15) is 4.79 Å². The van der Waals surface area contributed by atoms with Crippen LogP contribution in [0.15, 0.2) is 64.8 Å². The fourth-order valence-electron chi connectivity index (χ4n) is 2.23. The van der Waals surface area contributed by atoms with Crippen molar-refractivity contribution in [2.45, 2.75) is 6.54 Å². The molecule has 0 unspecified atom stereocenters. The van der Waals surface area contributed by atoms with Gasteiger partial charge in [-0.3, -0.25) is 9.69 Å². The Hall–Kier alpha value is -2.60. The molecule has 3 rings (SSSR count). The second-order valence-electron chi connectivity index (χ2n) is 5.15. The highest BCUT2D eigenvalue weighted by atomic mass is 32.2. The number of hydrogen-bond acceptors (Lipinski definition) is 5. The molecule has 0 saturated carbocycles. The van der Waals surface area contributed by atoms with Crippen LogP contribution < -0.4 is 4.74 Å². The van der Waals surface area contributed by atoms with E-state index in [4.69, 9.17) is 4.74 Å². The summed E-state index contributed by atoms with van der Waals surface area (Å²) in [5.41, 5.74) is 1.99. The van der Waals surface area contributed by atoms with Gasteiger partial charge in [0, 0.05) is 0 Å². The number of ether oxygens (including phenoxy) is 1. The fourth-order valence-corrected chi connectivity index (χ4v) is 3.06. The summed E-state index contributed by atoms with van der Waals surface area (Å²) in [7, 11) is 1.63. The summed E-state index contributed by atoms with van der Waals surface area (Å²) in [4.78, 5) is 13.7. The Morgan fingerprint density at radius 2 is 1.92 bits per heavy atom. The van der Waals surface area contributed by atoms with Crippen molar-refractivity contribution in [1.82, 2.24) is 4.90 Å². The molecule has 5 nitrogen and oxygen atoms in total. The van der Waals surface area contributed by atoms with Gasteiger partial charge in [0.05, 0.1) is 25.6 Å². The van der Waals surface area contributed by atoms with Crippen LogP contribution in [0.3, 0.4) is 0 Å². The first kappa shape index (κ1) is 16.3. The largest absolute Gasteiger partial charge is 0.497 e. The van der Waals surface area contributed by atoms with Crippen LogP contribution >= 0.6 is 11.8 Å². The van der Waals surface area contributed by atoms with E-state index in [2.05, 4.69) is 10.2 Å². The molecule has 1 amide bonds. The van der Waals surface area contributed by atoms with Crippen molar-refractivity contribution in [2.75, 3.05) is 12.9 Å². The quantitative estimate of drug-likeness (QED) is 0.621. The molecule has 24 heavy (non-hydrogen) atoms. The molecule has 0 bridgehead atoms. The Morgan fingerprint density at radius 3 is 2.62 bits per heavy atom. The molecule has 0 aromatic heterocycles. The number of rotatable bonds is 5. The van der Waals surface area contributed by atoms with Gasteiger partial charge in [-0.2, -0.15) is 5.10 Å². The number of hydrogen-bond donors (Lipinski definition) is 0. The smallest absolute Gasteiger partial charge is 0.239 e. The highest BCUT2D eigenvalue weighted by Gasteiger charge is 2.28. The van der Waals surface area contributed by atoms with Gasteiger partial charge < -0.3 is 4.74 Å². The molecule has 0 spiro atoms. The summed E-state index contributed by atoms with van der Waals surface area (Å²) in [6.45, 7) is 0.517. The number of carbonyl (C=O) groups is 1. The predicted octanol–water partition coefficient (Wildman–Crippen LogP) is 3.16. The van der Waals surface area contributed by atoms with Crippen LogP contribution in [0.5, 0.6) is 5.75 Å². The summed E-state index contributed by atoms with van der Waals surface area (Å²) in [5.74, 6) is 1.26. The van der Waals surface area contributed by atoms with Crippen molar-refractivity contribution >= 4 is 29.1 Å². The zero-order valence-electron chi connectivity index (χ0n) is 13.3. The van der Waals surface area contributed by atoms with Crippen molar-refractivity contribution in [2.24, 2.45) is 10.2 Å². The molecule has 0 radical (unpaired) electrons. The van der Waals surface area contributed by atoms with E-state index in [1.807, 2.05) is 54.6 Å². The van der Waals surface area contributed by atoms with Gasteiger partial charge in [0.25, 0.3) is 0 Å². The lowest BCUT2D eigenvalue weighted by Gasteiger charge is -2.14. The summed E-state index contributed by atoms with van der Waals surface area (Å²) in [6.07, 6.45) is 1.66. The van der Waals surface area contributed by atoms with Crippen LogP contribution in [0.2, 0.25) is 0 Å². The third kappa shape index (κ3) is 4.02. The van der Waals surface area contributed by atoms with Gasteiger partial charge in [-0.25, -0.2) is 0 Å². The number of nitrogens with zero attached hydrogens (tertiary/aromatic N) is 3. The van der Waals surface area contributed by atoms with Crippen LogP contribution in [-0.2, 0) is 11.3 Å². The Bertz CT molecular complexity index is 758. The summed E-state index contributed by atoms with van der Waals surface area (Å²) in [6, 6.07) is 17.4. The maximum absolute atomic E-state index is 12.1. The van der Waals surface area contributed by atoms with E-state index in [0.717, 1.165) is 16.9 Å². The van der Waals surface area contributed by atoms with Gasteiger partial charge in [-0.05, 0) is 35.4 Å². The minimum atomic E-state index is 0.0576. The monoisotopic (exact) mass is 339 g/mol. The maximum atomic E-state index is 12.1. The highest BCUT2D eigenvalue weighted by molar-refractivity contribution is 8.15. The number of amidine groups is 1. The molecule has 0 N–H and O–H groups in total. The van der Waals surface area contributed by atoms with E-state index < -0.39 is 0 Å². The zero-order valence-corrected chi connectivity index (χ0v) is 14.1. The minimum Gasteiger partial charge on any atom is -0.497 e. The average Bonchev–Trinajstić information content (AvgIpc) is 2.97. The van der Waals surface area contributed by atoms with Gasteiger partial charge >= 0.3 is 0 Å². The summed E-state index contributed by atoms with van der Waals surface area (Å²) in [5, 5.41) is 8.96. The molecule has 6 heteroatoms. The van der Waals surface area contributed by atoms with Crippen LogP contribution in [-0.4, -0.2) is 35.1 Å². The first-order valence-electron chi connectivity index (χ1n) is 7.48. The Labute approximate surface area is 145 Å². The molecule has 122 valence electrons. The predicted molar refractivity (Wildman–Crippen MR) is 97.5 cm³/mol. The molecule has 1 saturated heterocycles. The van der Waals surface area contributed by atoms with Crippen LogP contribution in [0.25, 0.3) is 0 Å². The summed E-state index contributed by atoms with van der Waals surface area (Å²) >= 11 is 1.41. The Morgan fingerprint density at radius 1 is 1.17 bits per heavy atom. The molecule has 1 aliphatic rings. The zero-order chi connectivity index (χ0) is 16.8. The first-order chi connectivity index (χ1) is 11.8. The average molecular weight is 339 g/mol. The lowest BCUT2D eigenvalue weighted by molar-refractivity contribution is -0.124. The van der Waals surface area contributed by atoms with Crippen LogP contribution in [0.1, 0.15) is 11.1 Å². The molecule has 1 heterocycles. The highest BCUT2D eigenvalue weighted by Crippen LogP contribution is 2.22. The van der Waals surface area contributed by atoms with Gasteiger partial charge in [-0.15, -0.1) is 5.10 Å². The van der Waals surface area contributed by atoms with E-state index in [1.54, 1.807) is 18.2 Å². The topological polar surface area (TPSA) is 54.3 Å². The molecule has 1 aliphatic heterocycles. The van der Waals surface area contributed by atoms with Crippen molar-refractivity contribution in [3.05, 3.63) is 65.7 Å². The van der Waals surface area contributed by atoms with Crippen molar-refractivity contribution in [1.29, 1.82) is 0 Å². The van der Waals surface area contributed by atoms with Crippen molar-refractivity contribution in [3.8, 4) is 5.75 Å². The van der Waals surface area contributed by atoms with E-state index in [0.29, 0.717) is 17.5 Å². The third-order valence-corrected chi connectivity index (χ3v) is 4.46. The second-order valence-corrected chi connectivity index (χ2v) is 6.10. The molecule has 0 atom stereocenters. The molecule has 2 aromatic carbocycles. The lowest BCUT2D eigenvalue weighted by Crippen LogP contribution is -2.28. The second kappa shape index (κ2) is 7.79. The van der Waals surface area contributed by atoms with Gasteiger partial charge in [-0.1, -0.05) is 42.1 Å². The van der Waals surface area contributed by atoms with E-state index >= 15 is 0 Å². The number of thioether (sulfide) groups is 1. The van der Waals surface area contributed by atoms with Crippen LogP contribution in [0.4, 0.5) is 0 Å². The third-order valence-electron chi connectivity index (χ3n) is 3.51. The number of carbonyl (C=O) groups excluding carboxylic acids is 1. The number of amides is 1. The van der Waals surface area contributed by atoms with E-state index in [-0.39, 0.29) is 5.91 Å². The molecule has 0 aliphatic carbocycles. The minimum absolute atomic E-state index is 0.0576. The van der Waals surface area contributed by atoms with Crippen LogP contribution in [0, 0.1) is 0 Å². The SMILES string of the molecule is COc1ccc(/C=N\N=C2/SCC(=O)N2Cc2ccccc2)cc1. The van der Waals surface area contributed by atoms with Crippen molar-refractivity contribution in [3.63, 3.8) is 0 Å². The Balaban J connectivity index is 1.70. The fraction of sp³-hybridized carbons (Fsp3) is 0.167. The maximum Gasteiger partial charge on any atom is 0.239 e. The first-order valence-corrected chi connectivity index (χ1v) is 8.47. The van der Waals surface area contributed by atoms with E-state index in [1.165, 1.54) is 11.8 Å². The lowest BCUT2D eigenvalue weighted by atomic mass is 10.2. The number of methoxy groups -OCH3 is 1. The molecular weight excluding hydrogens is 322 g/mol. The molecular formula is C18H17N3O2S. The normalized spacial score (nSPS) is 16.3. The van der Waals surface area contributed by atoms with Gasteiger partial charge in [0.2, 0.25) is 5.91 Å².